The van der Waals surface area contributed by atoms with E-state index in [-0.39, 0.29) is 10.9 Å². The molecule has 0 fully saturated rings. The number of aryl methyl sites for hydroxylation is 1. The predicted octanol–water partition coefficient (Wildman–Crippen LogP) is 4.61. The summed E-state index contributed by atoms with van der Waals surface area (Å²) in [6, 6.07) is 18.3. The molecule has 158 valence electrons. The molecule has 0 radical (unpaired) electrons. The number of hydrogen-bond donors (Lipinski definition) is 1. The molecular weight excluding hydrogens is 398 g/mol. The van der Waals surface area contributed by atoms with E-state index < -0.39 is 10.0 Å². The Morgan fingerprint density at radius 1 is 1.00 bits per heavy atom. The van der Waals surface area contributed by atoms with Gasteiger partial charge in [-0.1, -0.05) is 56.3 Å². The average molecular weight is 426 g/mol. The van der Waals surface area contributed by atoms with Crippen LogP contribution in [0.15, 0.2) is 65.6 Å². The van der Waals surface area contributed by atoms with Gasteiger partial charge in [0.1, 0.15) is 0 Å². The van der Waals surface area contributed by atoms with E-state index in [1.165, 1.54) is 7.11 Å². The minimum Gasteiger partial charge on any atom is -0.465 e. The number of hydrogen-bond acceptors (Lipinski definition) is 4. The summed E-state index contributed by atoms with van der Waals surface area (Å²) in [5, 5.41) is 0. The second kappa shape index (κ2) is 9.41. The van der Waals surface area contributed by atoms with Gasteiger partial charge in [0.05, 0.1) is 17.6 Å². The first-order chi connectivity index (χ1) is 14.3. The number of ether oxygens (including phenoxy) is 1. The predicted molar refractivity (Wildman–Crippen MR) is 118 cm³/mol. The van der Waals surface area contributed by atoms with Crippen LogP contribution in [0, 0.1) is 0 Å². The van der Waals surface area contributed by atoms with Crippen LogP contribution in [0.1, 0.15) is 47.7 Å². The highest BCUT2D eigenvalue weighted by Crippen LogP contribution is 2.35. The molecule has 0 bridgehead atoms. The van der Waals surface area contributed by atoms with Crippen LogP contribution in [-0.4, -0.2) is 28.0 Å². The van der Waals surface area contributed by atoms with Gasteiger partial charge in [-0.2, -0.15) is 0 Å². The molecule has 0 saturated carbocycles. The van der Waals surface area contributed by atoms with Gasteiger partial charge in [0, 0.05) is 6.54 Å². The zero-order valence-corrected chi connectivity index (χ0v) is 18.3. The van der Waals surface area contributed by atoms with Crippen molar-refractivity contribution < 1.29 is 17.9 Å². The largest absolute Gasteiger partial charge is 0.465 e. The van der Waals surface area contributed by atoms with Crippen LogP contribution in [-0.2, 0) is 21.2 Å². The summed E-state index contributed by atoms with van der Waals surface area (Å²) < 4.78 is 32.3. The maximum absolute atomic E-state index is 12.4. The summed E-state index contributed by atoms with van der Waals surface area (Å²) in [6.45, 7) is 4.54. The van der Waals surface area contributed by atoms with Gasteiger partial charge in [0.15, 0.2) is 0 Å². The number of benzene rings is 1. The molecule has 3 rings (SSSR count). The van der Waals surface area contributed by atoms with Crippen molar-refractivity contribution >= 4 is 16.0 Å². The average Bonchev–Trinajstić information content (AvgIpc) is 2.92. The van der Waals surface area contributed by atoms with Crippen molar-refractivity contribution in [3.05, 3.63) is 77.4 Å². The number of methoxy groups -OCH3 is 1. The summed E-state index contributed by atoms with van der Waals surface area (Å²) in [5.41, 5.74) is 4.56. The van der Waals surface area contributed by atoms with Gasteiger partial charge in [0.25, 0.3) is 0 Å². The second-order valence-corrected chi connectivity index (χ2v) is 9.31. The van der Waals surface area contributed by atoms with Gasteiger partial charge in [-0.05, 0) is 59.2 Å². The summed E-state index contributed by atoms with van der Waals surface area (Å²) in [6.07, 6.45) is 1.26. The first kappa shape index (κ1) is 22.0. The van der Waals surface area contributed by atoms with Crippen LogP contribution in [0.5, 0.6) is 0 Å². The van der Waals surface area contributed by atoms with Crippen molar-refractivity contribution in [3.8, 4) is 11.1 Å². The van der Waals surface area contributed by atoms with Crippen LogP contribution < -0.4 is 4.72 Å². The van der Waals surface area contributed by atoms with E-state index in [0.29, 0.717) is 30.9 Å². The Balaban J connectivity index is 1.78. The van der Waals surface area contributed by atoms with Crippen LogP contribution in [0.2, 0.25) is 0 Å². The number of sulfonamides is 1. The molecule has 2 aliphatic carbocycles. The van der Waals surface area contributed by atoms with Crippen LogP contribution in [0.3, 0.4) is 0 Å². The van der Waals surface area contributed by atoms with Gasteiger partial charge in [0.2, 0.25) is 10.0 Å². The Morgan fingerprint density at radius 3 is 2.40 bits per heavy atom. The fourth-order valence-corrected chi connectivity index (χ4v) is 4.58. The summed E-state index contributed by atoms with van der Waals surface area (Å²) in [5.74, 6) is -0.0335. The topological polar surface area (TPSA) is 72.5 Å². The van der Waals surface area contributed by atoms with Crippen LogP contribution in [0.4, 0.5) is 0 Å². The Kier molecular flexibility index (Phi) is 6.90. The molecule has 0 aliphatic heterocycles. The number of carbonyl (C=O) groups excluding carboxylic acids is 1. The molecule has 0 atom stereocenters. The maximum atomic E-state index is 12.4. The number of rotatable bonds is 8. The molecule has 1 aromatic carbocycles. The van der Waals surface area contributed by atoms with Gasteiger partial charge in [-0.3, -0.25) is 0 Å². The van der Waals surface area contributed by atoms with Gasteiger partial charge in [-0.25, -0.2) is 17.9 Å². The quantitative estimate of drug-likeness (QED) is 0.422. The van der Waals surface area contributed by atoms with E-state index >= 15 is 0 Å². The lowest BCUT2D eigenvalue weighted by molar-refractivity contribution is 0.0602. The molecule has 6 heteroatoms. The normalized spacial score (nSPS) is 11.7. The first-order valence-electron chi connectivity index (χ1n) is 10.0. The SMILES string of the molecule is COC(=O)c1cc(CCCNS(=O)(=O)c2ccccc2)c2cccc(C(C)C)cc1-2. The number of carbonyl (C=O) groups is 1. The van der Waals surface area contributed by atoms with E-state index in [1.807, 2.05) is 24.3 Å². The molecule has 0 amide bonds. The van der Waals surface area contributed by atoms with E-state index in [2.05, 4.69) is 24.6 Å². The van der Waals surface area contributed by atoms with Gasteiger partial charge < -0.3 is 4.74 Å². The highest BCUT2D eigenvalue weighted by molar-refractivity contribution is 7.89. The maximum Gasteiger partial charge on any atom is 0.338 e. The van der Waals surface area contributed by atoms with E-state index in [9.17, 15) is 13.2 Å². The zero-order chi connectivity index (χ0) is 21.7. The molecule has 5 nitrogen and oxygen atoms in total. The lowest BCUT2D eigenvalue weighted by Crippen LogP contribution is -2.25. The second-order valence-electron chi connectivity index (χ2n) is 7.54. The van der Waals surface area contributed by atoms with Crippen LogP contribution in [0.25, 0.3) is 11.1 Å². The Hall–Kier alpha value is -2.70. The minimum atomic E-state index is -3.52. The third-order valence-electron chi connectivity index (χ3n) is 5.15. The third-order valence-corrected chi connectivity index (χ3v) is 6.62. The zero-order valence-electron chi connectivity index (χ0n) is 17.5. The minimum absolute atomic E-state index is 0.255. The van der Waals surface area contributed by atoms with Gasteiger partial charge in [-0.15, -0.1) is 0 Å². The van der Waals surface area contributed by atoms with Crippen molar-refractivity contribution in [2.24, 2.45) is 0 Å². The lowest BCUT2D eigenvalue weighted by Gasteiger charge is -2.07. The Bertz CT molecular complexity index is 1090. The van der Waals surface area contributed by atoms with Crippen LogP contribution >= 0.6 is 0 Å². The first-order valence-corrected chi connectivity index (χ1v) is 11.5. The van der Waals surface area contributed by atoms with E-state index in [0.717, 1.165) is 22.3 Å². The number of esters is 1. The highest BCUT2D eigenvalue weighted by Gasteiger charge is 2.21. The number of fused-ring (bicyclic) bond motifs is 1. The molecule has 0 saturated heterocycles. The molecule has 1 aromatic rings. The molecular formula is C24H27NO4S. The summed E-state index contributed by atoms with van der Waals surface area (Å²) in [7, 11) is -2.14. The fourth-order valence-electron chi connectivity index (χ4n) is 3.48. The molecule has 0 unspecified atom stereocenters. The fraction of sp³-hybridized carbons (Fsp3) is 0.292. The van der Waals surface area contributed by atoms with E-state index in [4.69, 9.17) is 4.74 Å². The molecule has 2 aliphatic rings. The Morgan fingerprint density at radius 2 is 1.73 bits per heavy atom. The summed E-state index contributed by atoms with van der Waals surface area (Å²) >= 11 is 0. The number of nitrogens with one attached hydrogen (secondary N) is 1. The van der Waals surface area contributed by atoms with Gasteiger partial charge >= 0.3 is 5.97 Å². The monoisotopic (exact) mass is 425 g/mol. The van der Waals surface area contributed by atoms with Crippen molar-refractivity contribution in [1.29, 1.82) is 0 Å². The highest BCUT2D eigenvalue weighted by atomic mass is 32.2. The smallest absolute Gasteiger partial charge is 0.338 e. The molecule has 0 aromatic heterocycles. The molecule has 0 spiro atoms. The lowest BCUT2D eigenvalue weighted by atomic mass is 10.0. The van der Waals surface area contributed by atoms with E-state index in [1.54, 1.807) is 30.3 Å². The van der Waals surface area contributed by atoms with Crippen molar-refractivity contribution in [2.45, 2.75) is 37.5 Å². The Labute approximate surface area is 178 Å². The van der Waals surface area contributed by atoms with Crippen molar-refractivity contribution in [3.63, 3.8) is 0 Å². The molecule has 1 N–H and O–H groups in total. The van der Waals surface area contributed by atoms with Crippen molar-refractivity contribution in [2.75, 3.05) is 13.7 Å². The standard InChI is InChI=1S/C24H27NO4S/c1-17(2)18-9-7-13-21-19(16-23(22(21)15-18)24(26)29-3)10-8-14-25-30(27,28)20-11-5-4-6-12-20/h4-7,9,11-13,15-17,25H,8,10,14H2,1-3H3. The molecule has 30 heavy (non-hydrogen) atoms. The summed E-state index contributed by atoms with van der Waals surface area (Å²) in [4.78, 5) is 12.6. The molecule has 0 heterocycles. The van der Waals surface area contributed by atoms with Crippen molar-refractivity contribution in [1.82, 2.24) is 4.72 Å². The third kappa shape index (κ3) is 4.89.